The Bertz CT molecular complexity index is 2190. The maximum atomic E-state index is 12.6. The smallest absolute Gasteiger partial charge is 0.330 e. The highest BCUT2D eigenvalue weighted by molar-refractivity contribution is 5.90. The van der Waals surface area contributed by atoms with Gasteiger partial charge in [0.05, 0.1) is 18.7 Å². The first-order valence-electron chi connectivity index (χ1n) is 18.6. The first kappa shape index (κ1) is 45.2. The summed E-state index contributed by atoms with van der Waals surface area (Å²) in [5.74, 6) is -5.58. The molecule has 3 aliphatic rings. The van der Waals surface area contributed by atoms with Crippen molar-refractivity contribution in [2.45, 2.75) is 73.9 Å². The van der Waals surface area contributed by atoms with Gasteiger partial charge in [0.25, 0.3) is 11.9 Å². The molecule has 0 saturated carbocycles. The summed E-state index contributed by atoms with van der Waals surface area (Å²) >= 11 is 0. The fraction of sp³-hybridized carbons (Fsp3) is 0.375. The van der Waals surface area contributed by atoms with Gasteiger partial charge in [-0.25, -0.2) is 4.79 Å². The van der Waals surface area contributed by atoms with Crippen LogP contribution in [0.2, 0.25) is 0 Å². The van der Waals surface area contributed by atoms with E-state index in [9.17, 15) is 65.4 Å². The van der Waals surface area contributed by atoms with Crippen molar-refractivity contribution in [3.8, 4) is 40.2 Å². The maximum Gasteiger partial charge on any atom is 0.330 e. The summed E-state index contributed by atoms with van der Waals surface area (Å²) < 4.78 is 43.1. The fourth-order valence-electron chi connectivity index (χ4n) is 6.51. The summed E-state index contributed by atoms with van der Waals surface area (Å²) in [6.45, 7) is -1.42. The first-order chi connectivity index (χ1) is 29.4. The first-order valence-corrected chi connectivity index (χ1v) is 18.6. The summed E-state index contributed by atoms with van der Waals surface area (Å²) in [5, 5.41) is 114. The lowest BCUT2D eigenvalue weighted by Crippen LogP contribution is -2.60. The zero-order chi connectivity index (χ0) is 45.0. The Kier molecular flexibility index (Phi) is 13.9. The molecule has 11 atom stereocenters. The van der Waals surface area contributed by atoms with Crippen LogP contribution in [0.5, 0.6) is 40.2 Å². The Labute approximate surface area is 349 Å². The number of hydrogen-bond acceptors (Lipinski definition) is 20. The second-order valence-electron chi connectivity index (χ2n) is 14.1. The molecule has 0 aromatic heterocycles. The van der Waals surface area contributed by atoms with E-state index in [0.717, 1.165) is 24.3 Å². The van der Waals surface area contributed by atoms with Gasteiger partial charge in [-0.2, -0.15) is 0 Å². The molecular weight excluding hydrogens is 832 g/mol. The van der Waals surface area contributed by atoms with Crippen molar-refractivity contribution in [3.05, 3.63) is 77.1 Å². The van der Waals surface area contributed by atoms with Crippen LogP contribution in [0.4, 0.5) is 0 Å². The normalized spacial score (nSPS) is 28.2. The van der Waals surface area contributed by atoms with Gasteiger partial charge in [-0.3, -0.25) is 9.59 Å². The van der Waals surface area contributed by atoms with Gasteiger partial charge in [0.15, 0.2) is 28.8 Å². The minimum absolute atomic E-state index is 0.00713. The number of carbonyl (C=O) groups excluding carboxylic acids is 2. The molecule has 2 fully saturated rings. The average molecular weight is 876 g/mol. The zero-order valence-electron chi connectivity index (χ0n) is 32.3. The van der Waals surface area contributed by atoms with Gasteiger partial charge in [0.1, 0.15) is 85.5 Å². The lowest BCUT2D eigenvalue weighted by Gasteiger charge is -2.41. The van der Waals surface area contributed by atoms with Gasteiger partial charge in [-0.1, -0.05) is 6.07 Å². The standard InChI is InChI=1S/C40H42O22/c1-55-25-8-16(2-5-21(25)43)3-7-30(47)56-14-27-32(49)35(52)37(54)40(62-27)60-26-12-19-23(58-38(26)17-4-6-20(42)22(44)9-17)10-18(41)11-24(19)59-39-36(53)34(51)33(50)28(61-39)15-57-31(48)13-29(45)46/h2-12,27-28,32-44,49-54H,13-15H2,1H3,(H,45,46)/p+1/b7-3+/t27-,28+,32-,33-,34-,35+,36+,37-,38?,39+,40+/m0/s1. The number of carboxylic acid groups (broad SMARTS) is 1. The van der Waals surface area contributed by atoms with Crippen molar-refractivity contribution in [3.63, 3.8) is 0 Å². The van der Waals surface area contributed by atoms with Crippen LogP contribution in [0, 0.1) is 0 Å². The molecule has 62 heavy (non-hydrogen) atoms. The third-order valence-electron chi connectivity index (χ3n) is 9.79. The second kappa shape index (κ2) is 19.1. The number of phenolic OH excluding ortho intramolecular Hbond substituents is 4. The van der Waals surface area contributed by atoms with Gasteiger partial charge in [0.2, 0.25) is 12.6 Å². The van der Waals surface area contributed by atoms with E-state index in [4.69, 9.17) is 38.3 Å². The topological polar surface area (TPSA) is 351 Å². The molecule has 12 N–H and O–H groups in total. The minimum Gasteiger partial charge on any atom is -0.571 e. The molecule has 3 heterocycles. The van der Waals surface area contributed by atoms with Gasteiger partial charge in [-0.05, 0) is 42.0 Å². The molecule has 0 radical (unpaired) electrons. The Morgan fingerprint density at radius 1 is 0.710 bits per heavy atom. The van der Waals surface area contributed by atoms with Crippen molar-refractivity contribution in [1.29, 1.82) is 0 Å². The van der Waals surface area contributed by atoms with Crippen LogP contribution >= 0.6 is 0 Å². The van der Waals surface area contributed by atoms with Crippen LogP contribution in [0.3, 0.4) is 0 Å². The van der Waals surface area contributed by atoms with E-state index < -0.39 is 122 Å². The van der Waals surface area contributed by atoms with E-state index in [1.54, 1.807) is 0 Å². The molecule has 3 aromatic rings. The number of esters is 2. The van der Waals surface area contributed by atoms with E-state index in [2.05, 4.69) is 4.74 Å². The van der Waals surface area contributed by atoms with E-state index >= 15 is 0 Å². The molecule has 6 rings (SSSR count). The maximum absolute atomic E-state index is 12.6. The molecule has 0 aliphatic carbocycles. The van der Waals surface area contributed by atoms with E-state index in [1.165, 1.54) is 49.6 Å². The number of carboxylic acids is 1. The largest absolute Gasteiger partial charge is 0.571 e. The van der Waals surface area contributed by atoms with Crippen LogP contribution < -0.4 is 9.47 Å². The number of benzene rings is 3. The number of aromatic hydroxyl groups is 5. The average Bonchev–Trinajstić information content (AvgIpc) is 3.23. The highest BCUT2D eigenvalue weighted by atomic mass is 16.7. The SMILES string of the molecule is COc1cc(/C=C/C(=O)OC[C@@H]2O[C@@H](OC3=Cc4c(O[C@@H]5O[C@H](COC(=O)CC(=O)O)[C@H](O)[C@H](O)[C@H]5O)cc(O)cc4[OH+]C3c3ccc(O)c(O)c3)[C@@H](O)[C@H](O)[C@H]2O)ccc1O. The number of hydrogen-bond donors (Lipinski definition) is 11. The number of aliphatic carboxylic acids is 1. The Balaban J connectivity index is 1.26. The number of methoxy groups -OCH3 is 1. The molecule has 0 bridgehead atoms. The number of phenols is 4. The third kappa shape index (κ3) is 10.2. The van der Waals surface area contributed by atoms with Crippen molar-refractivity contribution < 1.29 is 108 Å². The summed E-state index contributed by atoms with van der Waals surface area (Å²) in [6, 6.07) is 10.2. The highest BCUT2D eigenvalue weighted by Crippen LogP contribution is 2.47. The summed E-state index contributed by atoms with van der Waals surface area (Å²) in [7, 11) is 1.35. The number of ether oxygens (including phenoxy) is 8. The summed E-state index contributed by atoms with van der Waals surface area (Å²) in [4.78, 5) is 35.3. The molecule has 22 heteroatoms. The molecule has 3 aliphatic heterocycles. The Hall–Kier alpha value is -6.37. The number of aliphatic hydroxyl groups is 7. The lowest BCUT2D eigenvalue weighted by atomic mass is 9.98. The number of aliphatic hydroxyl groups excluding tert-OH is 6. The van der Waals surface area contributed by atoms with Gasteiger partial charge < -0.3 is 94.1 Å². The number of carbonyl (C=O) groups is 3. The molecule has 3 aromatic carbocycles. The van der Waals surface area contributed by atoms with Gasteiger partial charge >= 0.3 is 17.9 Å². The van der Waals surface area contributed by atoms with Crippen molar-refractivity contribution in [2.24, 2.45) is 0 Å². The predicted octanol–water partition coefficient (Wildman–Crippen LogP) is -0.860. The molecule has 0 spiro atoms. The predicted molar refractivity (Wildman–Crippen MR) is 203 cm³/mol. The van der Waals surface area contributed by atoms with Gasteiger partial charge in [-0.15, -0.1) is 0 Å². The monoisotopic (exact) mass is 875 g/mol. The quantitative estimate of drug-likeness (QED) is 0.0309. The fourth-order valence-corrected chi connectivity index (χ4v) is 6.51. The summed E-state index contributed by atoms with van der Waals surface area (Å²) in [5.41, 5.74) is 0.624. The van der Waals surface area contributed by atoms with Crippen molar-refractivity contribution >= 4 is 30.1 Å². The molecular formula is C40H43O22+. The van der Waals surface area contributed by atoms with Crippen LogP contribution in [-0.4, -0.2) is 161 Å². The van der Waals surface area contributed by atoms with Crippen LogP contribution in [0.25, 0.3) is 12.2 Å². The number of fused-ring (bicyclic) bond motifs is 1. The van der Waals surface area contributed by atoms with Gasteiger partial charge in [0, 0.05) is 18.2 Å². The molecule has 0 amide bonds. The molecule has 334 valence electrons. The van der Waals surface area contributed by atoms with Crippen molar-refractivity contribution in [2.75, 3.05) is 20.3 Å². The summed E-state index contributed by atoms with van der Waals surface area (Å²) in [6.07, 6.45) is -16.7. The minimum atomic E-state index is -1.96. The van der Waals surface area contributed by atoms with Crippen LogP contribution in [0.1, 0.15) is 29.2 Å². The van der Waals surface area contributed by atoms with Crippen LogP contribution in [0.15, 0.2) is 60.4 Å². The lowest BCUT2D eigenvalue weighted by molar-refractivity contribution is -0.296. The second-order valence-corrected chi connectivity index (χ2v) is 14.1. The Morgan fingerprint density at radius 3 is 1.97 bits per heavy atom. The van der Waals surface area contributed by atoms with E-state index in [1.807, 2.05) is 0 Å². The number of rotatable bonds is 14. The molecule has 2 saturated heterocycles. The van der Waals surface area contributed by atoms with E-state index in [-0.39, 0.29) is 39.9 Å². The zero-order valence-corrected chi connectivity index (χ0v) is 32.3. The van der Waals surface area contributed by atoms with Crippen LogP contribution in [-0.2, 0) is 38.1 Å². The molecule has 1 unspecified atom stereocenters. The third-order valence-corrected chi connectivity index (χ3v) is 9.79. The van der Waals surface area contributed by atoms with Crippen molar-refractivity contribution in [1.82, 2.24) is 0 Å². The van der Waals surface area contributed by atoms with E-state index in [0.29, 0.717) is 5.56 Å². The molecule has 22 nitrogen and oxygen atoms in total. The highest BCUT2D eigenvalue weighted by Gasteiger charge is 2.49. The Morgan fingerprint density at radius 2 is 1.34 bits per heavy atom.